The first-order chi connectivity index (χ1) is 10.3. The van der Waals surface area contributed by atoms with Crippen molar-refractivity contribution in [1.82, 2.24) is 10.2 Å². The Labute approximate surface area is 127 Å². The molecular weight excluding hydrogens is 260 g/mol. The van der Waals surface area contributed by atoms with Gasteiger partial charge in [-0.3, -0.25) is 4.90 Å². The van der Waals surface area contributed by atoms with Crippen molar-refractivity contribution in [3.05, 3.63) is 59.5 Å². The first kappa shape index (κ1) is 14.4. The minimum absolute atomic E-state index is 0.354. The van der Waals surface area contributed by atoms with Gasteiger partial charge in [-0.15, -0.1) is 0 Å². The monoisotopic (exact) mass is 284 g/mol. The Bertz CT molecular complexity index is 544. The summed E-state index contributed by atoms with van der Waals surface area (Å²) in [6.07, 6.45) is 4.38. The number of benzene rings is 1. The van der Waals surface area contributed by atoms with Crippen LogP contribution in [-0.2, 0) is 6.54 Å². The summed E-state index contributed by atoms with van der Waals surface area (Å²) in [5.41, 5.74) is 2.66. The van der Waals surface area contributed by atoms with Crippen molar-refractivity contribution in [3.8, 4) is 0 Å². The number of hydrogen-bond acceptors (Lipinski definition) is 3. The van der Waals surface area contributed by atoms with E-state index in [9.17, 15) is 0 Å². The average Bonchev–Trinajstić information content (AvgIpc) is 3.17. The Morgan fingerprint density at radius 1 is 1.19 bits per heavy atom. The molecule has 0 bridgehead atoms. The van der Waals surface area contributed by atoms with Crippen molar-refractivity contribution < 1.29 is 4.42 Å². The standard InChI is InChI=1S/C18H24N2O/c1-15-6-4-7-16(12-15)13-19-14-17(18-8-5-11-21-18)20-9-2-3-10-20/h4-8,11-12,17,19H,2-3,9-10,13-14H2,1H3. The highest BCUT2D eigenvalue weighted by Gasteiger charge is 2.24. The van der Waals surface area contributed by atoms with E-state index in [4.69, 9.17) is 4.42 Å². The van der Waals surface area contributed by atoms with Crippen molar-refractivity contribution in [2.45, 2.75) is 32.4 Å². The molecule has 21 heavy (non-hydrogen) atoms. The topological polar surface area (TPSA) is 28.4 Å². The van der Waals surface area contributed by atoms with Gasteiger partial charge in [0.2, 0.25) is 0 Å². The lowest BCUT2D eigenvalue weighted by atomic mass is 10.1. The maximum Gasteiger partial charge on any atom is 0.122 e. The molecule has 0 spiro atoms. The van der Waals surface area contributed by atoms with Crippen LogP contribution in [0.25, 0.3) is 0 Å². The fourth-order valence-electron chi connectivity index (χ4n) is 3.12. The molecule has 1 aromatic carbocycles. The zero-order valence-electron chi connectivity index (χ0n) is 12.7. The molecule has 0 amide bonds. The summed E-state index contributed by atoms with van der Waals surface area (Å²) in [5, 5.41) is 3.59. The van der Waals surface area contributed by atoms with Crippen LogP contribution in [0, 0.1) is 6.92 Å². The molecule has 1 aliphatic rings. The van der Waals surface area contributed by atoms with Crippen LogP contribution in [0.5, 0.6) is 0 Å². The Hall–Kier alpha value is -1.58. The van der Waals surface area contributed by atoms with Crippen molar-refractivity contribution >= 4 is 0 Å². The lowest BCUT2D eigenvalue weighted by molar-refractivity contribution is 0.209. The fourth-order valence-corrected chi connectivity index (χ4v) is 3.12. The third-order valence-electron chi connectivity index (χ3n) is 4.20. The zero-order valence-corrected chi connectivity index (χ0v) is 12.7. The van der Waals surface area contributed by atoms with E-state index < -0.39 is 0 Å². The molecule has 0 saturated carbocycles. The third-order valence-corrected chi connectivity index (χ3v) is 4.20. The van der Waals surface area contributed by atoms with Gasteiger partial charge in [0.15, 0.2) is 0 Å². The maximum absolute atomic E-state index is 5.65. The normalized spacial score (nSPS) is 17.2. The van der Waals surface area contributed by atoms with Gasteiger partial charge in [-0.1, -0.05) is 29.8 Å². The van der Waals surface area contributed by atoms with E-state index >= 15 is 0 Å². The van der Waals surface area contributed by atoms with Gasteiger partial charge in [0, 0.05) is 13.1 Å². The first-order valence-corrected chi connectivity index (χ1v) is 7.86. The quantitative estimate of drug-likeness (QED) is 0.880. The van der Waals surface area contributed by atoms with E-state index in [0.717, 1.165) is 18.8 Å². The highest BCUT2D eigenvalue weighted by atomic mass is 16.3. The van der Waals surface area contributed by atoms with Gasteiger partial charge in [-0.05, 0) is 50.6 Å². The van der Waals surface area contributed by atoms with Gasteiger partial charge in [0.1, 0.15) is 5.76 Å². The highest BCUT2D eigenvalue weighted by Crippen LogP contribution is 2.24. The van der Waals surface area contributed by atoms with Gasteiger partial charge in [0.05, 0.1) is 12.3 Å². The molecule has 1 aromatic heterocycles. The minimum Gasteiger partial charge on any atom is -0.468 e. The molecule has 2 aromatic rings. The summed E-state index contributed by atoms with van der Waals surface area (Å²) in [4.78, 5) is 2.53. The van der Waals surface area contributed by atoms with Crippen molar-refractivity contribution in [3.63, 3.8) is 0 Å². The first-order valence-electron chi connectivity index (χ1n) is 7.86. The van der Waals surface area contributed by atoms with Crippen LogP contribution in [0.4, 0.5) is 0 Å². The Morgan fingerprint density at radius 2 is 2.05 bits per heavy atom. The maximum atomic E-state index is 5.65. The molecule has 0 radical (unpaired) electrons. The summed E-state index contributed by atoms with van der Waals surface area (Å²) in [6, 6.07) is 13.1. The van der Waals surface area contributed by atoms with Crippen LogP contribution >= 0.6 is 0 Å². The minimum atomic E-state index is 0.354. The SMILES string of the molecule is Cc1cccc(CNCC(c2ccco2)N2CCCC2)c1. The van der Waals surface area contributed by atoms with E-state index in [0.29, 0.717) is 6.04 Å². The smallest absolute Gasteiger partial charge is 0.122 e. The van der Waals surface area contributed by atoms with Crippen molar-refractivity contribution in [2.75, 3.05) is 19.6 Å². The van der Waals surface area contributed by atoms with Gasteiger partial charge in [-0.25, -0.2) is 0 Å². The predicted octanol–water partition coefficient (Wildman–Crippen LogP) is 3.51. The Kier molecular flexibility index (Phi) is 4.73. The lowest BCUT2D eigenvalue weighted by Gasteiger charge is -2.26. The predicted molar refractivity (Wildman–Crippen MR) is 85.1 cm³/mol. The summed E-state index contributed by atoms with van der Waals surface area (Å²) in [6.45, 7) is 6.34. The molecule has 3 rings (SSSR count). The van der Waals surface area contributed by atoms with Crippen molar-refractivity contribution in [2.24, 2.45) is 0 Å². The summed E-state index contributed by atoms with van der Waals surface area (Å²) >= 11 is 0. The summed E-state index contributed by atoms with van der Waals surface area (Å²) in [5.74, 6) is 1.08. The van der Waals surface area contributed by atoms with E-state index in [1.54, 1.807) is 6.26 Å². The second-order valence-corrected chi connectivity index (χ2v) is 5.89. The number of nitrogens with one attached hydrogen (secondary N) is 1. The zero-order chi connectivity index (χ0) is 14.5. The molecule has 1 atom stereocenters. The molecular formula is C18H24N2O. The molecule has 0 aliphatic carbocycles. The molecule has 2 heterocycles. The van der Waals surface area contributed by atoms with E-state index in [1.807, 2.05) is 6.07 Å². The molecule has 1 saturated heterocycles. The number of likely N-dealkylation sites (tertiary alicyclic amines) is 1. The number of hydrogen-bond donors (Lipinski definition) is 1. The average molecular weight is 284 g/mol. The largest absolute Gasteiger partial charge is 0.468 e. The van der Waals surface area contributed by atoms with Crippen LogP contribution in [0.2, 0.25) is 0 Å². The van der Waals surface area contributed by atoms with Crippen LogP contribution in [0.15, 0.2) is 47.1 Å². The summed E-state index contributed by atoms with van der Waals surface area (Å²) in [7, 11) is 0. The van der Waals surface area contributed by atoms with Gasteiger partial charge < -0.3 is 9.73 Å². The molecule has 1 unspecified atom stereocenters. The molecule has 1 aliphatic heterocycles. The van der Waals surface area contributed by atoms with Gasteiger partial charge >= 0.3 is 0 Å². The second-order valence-electron chi connectivity index (χ2n) is 5.89. The Morgan fingerprint density at radius 3 is 2.76 bits per heavy atom. The molecule has 1 fully saturated rings. The van der Waals surface area contributed by atoms with Crippen LogP contribution < -0.4 is 5.32 Å². The van der Waals surface area contributed by atoms with E-state index in [1.165, 1.54) is 37.1 Å². The van der Waals surface area contributed by atoms with Crippen LogP contribution in [-0.4, -0.2) is 24.5 Å². The van der Waals surface area contributed by atoms with Gasteiger partial charge in [0.25, 0.3) is 0 Å². The second kappa shape index (κ2) is 6.92. The number of furan rings is 1. The van der Waals surface area contributed by atoms with Crippen LogP contribution in [0.1, 0.15) is 35.8 Å². The molecule has 3 heteroatoms. The number of nitrogens with zero attached hydrogens (tertiary/aromatic N) is 1. The van der Waals surface area contributed by atoms with E-state index in [-0.39, 0.29) is 0 Å². The third kappa shape index (κ3) is 3.74. The number of aryl methyl sites for hydroxylation is 1. The Balaban J connectivity index is 1.60. The summed E-state index contributed by atoms with van der Waals surface area (Å²) < 4.78 is 5.65. The van der Waals surface area contributed by atoms with Crippen molar-refractivity contribution in [1.29, 1.82) is 0 Å². The van der Waals surface area contributed by atoms with Gasteiger partial charge in [-0.2, -0.15) is 0 Å². The molecule has 112 valence electrons. The lowest BCUT2D eigenvalue weighted by Crippen LogP contribution is -2.33. The van der Waals surface area contributed by atoms with E-state index in [2.05, 4.69) is 47.5 Å². The molecule has 1 N–H and O–H groups in total. The number of rotatable bonds is 6. The highest BCUT2D eigenvalue weighted by molar-refractivity contribution is 5.22. The molecule has 3 nitrogen and oxygen atoms in total. The van der Waals surface area contributed by atoms with Crippen LogP contribution in [0.3, 0.4) is 0 Å². The fraction of sp³-hybridized carbons (Fsp3) is 0.444.